The van der Waals surface area contributed by atoms with Crippen LogP contribution in [0.3, 0.4) is 0 Å². The minimum atomic E-state index is 0.440. The van der Waals surface area contributed by atoms with Gasteiger partial charge in [0, 0.05) is 13.3 Å². The number of hydrogen-bond donors (Lipinski definition) is 0. The smallest absolute Gasteiger partial charge is 0.166 e. The zero-order valence-corrected chi connectivity index (χ0v) is 14.8. The maximum atomic E-state index is 3.84. The first-order valence-corrected chi connectivity index (χ1v) is 8.41. The fraction of sp³-hybridized carbons (Fsp3) is 0.476. The Labute approximate surface area is 136 Å². The molecule has 1 aromatic carbocycles. The molecule has 1 aromatic rings. The molecule has 118 valence electrons. The van der Waals surface area contributed by atoms with Crippen molar-refractivity contribution < 1.29 is 4.58 Å². The number of nitrogens with zero attached hydrogens (tertiary/aromatic N) is 1. The second kappa shape index (κ2) is 7.09. The van der Waals surface area contributed by atoms with Gasteiger partial charge in [-0.2, -0.15) is 0 Å². The highest BCUT2D eigenvalue weighted by molar-refractivity contribution is 5.88. The van der Waals surface area contributed by atoms with Crippen LogP contribution >= 0.6 is 0 Å². The summed E-state index contributed by atoms with van der Waals surface area (Å²) < 4.78 is 2.43. The Hall–Kier alpha value is -1.63. The first kappa shape index (κ1) is 16.7. The van der Waals surface area contributed by atoms with Gasteiger partial charge < -0.3 is 0 Å². The molecule has 1 unspecified atom stereocenters. The van der Waals surface area contributed by atoms with Gasteiger partial charge in [0.15, 0.2) is 11.9 Å². The van der Waals surface area contributed by atoms with Crippen molar-refractivity contribution in [1.82, 2.24) is 0 Å². The van der Waals surface area contributed by atoms with Crippen molar-refractivity contribution in [2.24, 2.45) is 5.92 Å². The van der Waals surface area contributed by atoms with Crippen molar-refractivity contribution >= 4 is 5.71 Å². The molecule has 22 heavy (non-hydrogen) atoms. The lowest BCUT2D eigenvalue weighted by Gasteiger charge is -2.15. The Kier molecular flexibility index (Phi) is 5.39. The maximum Gasteiger partial charge on any atom is 0.166 e. The van der Waals surface area contributed by atoms with Crippen LogP contribution in [-0.4, -0.2) is 16.8 Å². The Morgan fingerprint density at radius 3 is 2.41 bits per heavy atom. The van der Waals surface area contributed by atoms with Crippen molar-refractivity contribution in [3.05, 3.63) is 59.3 Å². The Balaban J connectivity index is 2.19. The van der Waals surface area contributed by atoms with Crippen LogP contribution in [0.1, 0.15) is 54.9 Å². The topological polar surface area (TPSA) is 3.01 Å². The average Bonchev–Trinajstić information content (AvgIpc) is 2.77. The molecule has 0 spiro atoms. The van der Waals surface area contributed by atoms with E-state index in [1.165, 1.54) is 34.4 Å². The molecule has 0 bridgehead atoms. The van der Waals surface area contributed by atoms with E-state index in [2.05, 4.69) is 70.2 Å². The molecule has 1 aliphatic heterocycles. The summed E-state index contributed by atoms with van der Waals surface area (Å²) >= 11 is 0. The van der Waals surface area contributed by atoms with E-state index in [1.54, 1.807) is 0 Å². The fourth-order valence-electron chi connectivity index (χ4n) is 3.63. The third-order valence-corrected chi connectivity index (χ3v) is 4.84. The van der Waals surface area contributed by atoms with Gasteiger partial charge >= 0.3 is 0 Å². The molecule has 0 amide bonds. The zero-order chi connectivity index (χ0) is 16.3. The summed E-state index contributed by atoms with van der Waals surface area (Å²) in [6.45, 7) is 16.2. The predicted octanol–water partition coefficient (Wildman–Crippen LogP) is 5.30. The third kappa shape index (κ3) is 3.58. The molecule has 0 N–H and O–H groups in total. The number of hydrogen-bond acceptors (Lipinski definition) is 0. The summed E-state index contributed by atoms with van der Waals surface area (Å²) in [6, 6.07) is 4.61. The predicted molar refractivity (Wildman–Crippen MR) is 96.9 cm³/mol. The van der Waals surface area contributed by atoms with Gasteiger partial charge in [0.05, 0.1) is 5.92 Å². The van der Waals surface area contributed by atoms with Crippen LogP contribution in [0.5, 0.6) is 0 Å². The van der Waals surface area contributed by atoms with Crippen molar-refractivity contribution in [3.8, 4) is 0 Å². The van der Waals surface area contributed by atoms with Gasteiger partial charge in [-0.3, -0.25) is 0 Å². The highest BCUT2D eigenvalue weighted by Crippen LogP contribution is 2.30. The standard InChI is InChI=1S/C21H30N/c1-7-8-15(2)9-11-22-12-10-20(19(22)6)21-17(4)13-16(3)14-18(21)5/h7,10,12-15,20H,1,8-9,11H2,2-6H3/q+1/t15-,20?/m1/s1. The van der Waals surface area contributed by atoms with Gasteiger partial charge in [-0.15, -0.1) is 6.58 Å². The van der Waals surface area contributed by atoms with Gasteiger partial charge in [-0.25, -0.2) is 4.58 Å². The number of benzene rings is 1. The lowest BCUT2D eigenvalue weighted by molar-refractivity contribution is -0.456. The maximum absolute atomic E-state index is 3.84. The van der Waals surface area contributed by atoms with E-state index < -0.39 is 0 Å². The second-order valence-electron chi connectivity index (χ2n) is 6.88. The van der Waals surface area contributed by atoms with Crippen LogP contribution in [0.15, 0.2) is 37.1 Å². The Morgan fingerprint density at radius 1 is 1.18 bits per heavy atom. The van der Waals surface area contributed by atoms with Crippen molar-refractivity contribution in [2.45, 2.75) is 53.4 Å². The summed E-state index contributed by atoms with van der Waals surface area (Å²) in [5.41, 5.74) is 7.12. The van der Waals surface area contributed by atoms with Crippen molar-refractivity contribution in [2.75, 3.05) is 6.54 Å². The van der Waals surface area contributed by atoms with E-state index in [0.717, 1.165) is 13.0 Å². The van der Waals surface area contributed by atoms with Crippen LogP contribution in [0.4, 0.5) is 0 Å². The van der Waals surface area contributed by atoms with Gasteiger partial charge in [-0.05, 0) is 55.9 Å². The minimum absolute atomic E-state index is 0.440. The molecular formula is C21H30N+. The van der Waals surface area contributed by atoms with Gasteiger partial charge in [0.1, 0.15) is 6.54 Å². The molecule has 0 fully saturated rings. The quantitative estimate of drug-likeness (QED) is 0.495. The molecule has 1 heteroatoms. The van der Waals surface area contributed by atoms with Crippen LogP contribution in [-0.2, 0) is 0 Å². The highest BCUT2D eigenvalue weighted by Gasteiger charge is 2.28. The largest absolute Gasteiger partial charge is 0.206 e. The Morgan fingerprint density at radius 2 is 1.82 bits per heavy atom. The van der Waals surface area contributed by atoms with Crippen LogP contribution in [0.2, 0.25) is 0 Å². The molecule has 2 rings (SSSR count). The first-order chi connectivity index (χ1) is 10.4. The normalized spacial score (nSPS) is 18.9. The average molecular weight is 296 g/mol. The molecular weight excluding hydrogens is 266 g/mol. The molecule has 0 radical (unpaired) electrons. The SMILES string of the molecule is C=CC[C@@H](C)CC[N+]1=C(C)C(c2c(C)cc(C)cc2C)C=C1. The number of allylic oxidation sites excluding steroid dienone is 2. The van der Waals surface area contributed by atoms with Crippen molar-refractivity contribution in [3.63, 3.8) is 0 Å². The van der Waals surface area contributed by atoms with E-state index in [-0.39, 0.29) is 0 Å². The molecule has 0 aromatic heterocycles. The van der Waals surface area contributed by atoms with Gasteiger partial charge in [0.25, 0.3) is 0 Å². The first-order valence-electron chi connectivity index (χ1n) is 8.41. The van der Waals surface area contributed by atoms with Crippen LogP contribution < -0.4 is 0 Å². The van der Waals surface area contributed by atoms with E-state index in [0.29, 0.717) is 11.8 Å². The second-order valence-corrected chi connectivity index (χ2v) is 6.88. The van der Waals surface area contributed by atoms with Gasteiger partial charge in [-0.1, -0.05) is 30.7 Å². The van der Waals surface area contributed by atoms with E-state index in [4.69, 9.17) is 0 Å². The molecule has 1 nitrogen and oxygen atoms in total. The molecule has 0 saturated heterocycles. The lowest BCUT2D eigenvalue weighted by atomic mass is 9.87. The zero-order valence-electron chi connectivity index (χ0n) is 14.8. The fourth-order valence-corrected chi connectivity index (χ4v) is 3.63. The summed E-state index contributed by atoms with van der Waals surface area (Å²) in [7, 11) is 0. The molecule has 1 heterocycles. The van der Waals surface area contributed by atoms with Gasteiger partial charge in [0.2, 0.25) is 0 Å². The minimum Gasteiger partial charge on any atom is -0.206 e. The Bertz CT molecular complexity index is 596. The van der Waals surface area contributed by atoms with Crippen LogP contribution in [0.25, 0.3) is 0 Å². The number of aryl methyl sites for hydroxylation is 3. The van der Waals surface area contributed by atoms with E-state index in [9.17, 15) is 0 Å². The highest BCUT2D eigenvalue weighted by atomic mass is 15.0. The van der Waals surface area contributed by atoms with Crippen molar-refractivity contribution in [1.29, 1.82) is 0 Å². The molecule has 0 aliphatic carbocycles. The summed E-state index contributed by atoms with van der Waals surface area (Å²) in [4.78, 5) is 0. The molecule has 2 atom stereocenters. The van der Waals surface area contributed by atoms with E-state index in [1.807, 2.05) is 6.08 Å². The lowest BCUT2D eigenvalue weighted by Crippen LogP contribution is -2.18. The molecule has 0 saturated carbocycles. The molecule has 1 aliphatic rings. The number of rotatable bonds is 6. The summed E-state index contributed by atoms with van der Waals surface area (Å²) in [6.07, 6.45) is 8.99. The van der Waals surface area contributed by atoms with E-state index >= 15 is 0 Å². The third-order valence-electron chi connectivity index (χ3n) is 4.84. The monoisotopic (exact) mass is 296 g/mol. The van der Waals surface area contributed by atoms with Crippen LogP contribution in [0, 0.1) is 26.7 Å². The summed E-state index contributed by atoms with van der Waals surface area (Å²) in [5.74, 6) is 1.15. The summed E-state index contributed by atoms with van der Waals surface area (Å²) in [5, 5.41) is 0.